The lowest BCUT2D eigenvalue weighted by Gasteiger charge is -2.31. The first-order valence-corrected chi connectivity index (χ1v) is 7.78. The van der Waals surface area contributed by atoms with Crippen LogP contribution in [0.15, 0.2) is 35.9 Å². The highest BCUT2D eigenvalue weighted by Crippen LogP contribution is 2.42. The molecule has 1 aliphatic heterocycles. The number of para-hydroxylation sites is 1. The minimum atomic E-state index is -1.25. The van der Waals surface area contributed by atoms with Crippen LogP contribution in [0.3, 0.4) is 0 Å². The first-order chi connectivity index (χ1) is 12.0. The Kier molecular flexibility index (Phi) is 6.16. The summed E-state index contributed by atoms with van der Waals surface area (Å²) in [7, 11) is 2.39. The monoisotopic (exact) mass is 348 g/mol. The van der Waals surface area contributed by atoms with Crippen molar-refractivity contribution in [3.05, 3.63) is 41.5 Å². The van der Waals surface area contributed by atoms with Crippen molar-refractivity contribution in [2.75, 3.05) is 27.4 Å². The molecule has 25 heavy (non-hydrogen) atoms. The molecule has 0 radical (unpaired) electrons. The Hall–Kier alpha value is -2.83. The van der Waals surface area contributed by atoms with Crippen molar-refractivity contribution in [3.8, 4) is 5.75 Å². The van der Waals surface area contributed by atoms with Crippen molar-refractivity contribution in [1.82, 2.24) is 0 Å². The number of benzene rings is 1. The lowest BCUT2D eigenvalue weighted by Crippen LogP contribution is -2.36. The summed E-state index contributed by atoms with van der Waals surface area (Å²) >= 11 is 0. The third-order valence-corrected chi connectivity index (χ3v) is 3.88. The van der Waals surface area contributed by atoms with Crippen molar-refractivity contribution < 1.29 is 33.3 Å². The standard InChI is InChI=1S/C18H20O7/c1-4-24-14(19)9-11-10-25-13-8-6-5-7-12(13)15(11)16(17(20)22-2)18(21)23-3/h5-9,15-16H,4,10H2,1-3H3/b11-9+. The number of carbonyl (C=O) groups excluding carboxylic acids is 3. The molecule has 1 aliphatic rings. The number of rotatable bonds is 5. The Bertz CT molecular complexity index is 676. The summed E-state index contributed by atoms with van der Waals surface area (Å²) in [6.07, 6.45) is 1.25. The van der Waals surface area contributed by atoms with E-state index in [0.29, 0.717) is 16.9 Å². The van der Waals surface area contributed by atoms with Crippen LogP contribution < -0.4 is 4.74 Å². The number of methoxy groups -OCH3 is 2. The minimum absolute atomic E-state index is 0.0466. The number of hydrogen-bond donors (Lipinski definition) is 0. The number of fused-ring (bicyclic) bond motifs is 1. The second kappa shape index (κ2) is 8.32. The molecule has 1 aromatic rings. The van der Waals surface area contributed by atoms with Gasteiger partial charge >= 0.3 is 17.9 Å². The fourth-order valence-corrected chi connectivity index (χ4v) is 2.80. The molecule has 0 amide bonds. The summed E-state index contributed by atoms with van der Waals surface area (Å²) in [6, 6.07) is 7.00. The van der Waals surface area contributed by atoms with Crippen LogP contribution in [-0.4, -0.2) is 45.3 Å². The van der Waals surface area contributed by atoms with Gasteiger partial charge in [0.2, 0.25) is 0 Å². The Morgan fingerprint density at radius 1 is 1.20 bits per heavy atom. The van der Waals surface area contributed by atoms with Crippen LogP contribution in [0.2, 0.25) is 0 Å². The average molecular weight is 348 g/mol. The summed E-state index contributed by atoms with van der Waals surface area (Å²) < 4.78 is 20.1. The second-order valence-corrected chi connectivity index (χ2v) is 5.30. The Morgan fingerprint density at radius 3 is 2.44 bits per heavy atom. The predicted octanol–water partition coefficient (Wildman–Crippen LogP) is 1.61. The molecule has 1 aromatic carbocycles. The average Bonchev–Trinajstić information content (AvgIpc) is 2.63. The van der Waals surface area contributed by atoms with Gasteiger partial charge in [0.25, 0.3) is 0 Å². The van der Waals surface area contributed by atoms with Crippen molar-refractivity contribution in [1.29, 1.82) is 0 Å². The van der Waals surface area contributed by atoms with Gasteiger partial charge in [0, 0.05) is 17.6 Å². The highest BCUT2D eigenvalue weighted by Gasteiger charge is 2.43. The fourth-order valence-electron chi connectivity index (χ4n) is 2.80. The molecule has 0 aromatic heterocycles. The SMILES string of the molecule is CCOC(=O)/C=C1\COc2ccccc2C1C(C(=O)OC)C(=O)OC. The Morgan fingerprint density at radius 2 is 1.84 bits per heavy atom. The van der Waals surface area contributed by atoms with Gasteiger partial charge in [0.05, 0.1) is 20.8 Å². The van der Waals surface area contributed by atoms with Gasteiger partial charge in [-0.15, -0.1) is 0 Å². The highest BCUT2D eigenvalue weighted by atomic mass is 16.5. The largest absolute Gasteiger partial charge is 0.489 e. The maximum absolute atomic E-state index is 12.3. The van der Waals surface area contributed by atoms with Crippen molar-refractivity contribution in [2.24, 2.45) is 5.92 Å². The smallest absolute Gasteiger partial charge is 0.330 e. The van der Waals surface area contributed by atoms with Gasteiger partial charge in [-0.3, -0.25) is 9.59 Å². The number of hydrogen-bond acceptors (Lipinski definition) is 7. The topological polar surface area (TPSA) is 88.1 Å². The second-order valence-electron chi connectivity index (χ2n) is 5.30. The Balaban J connectivity index is 2.56. The lowest BCUT2D eigenvalue weighted by molar-refractivity contribution is -0.159. The van der Waals surface area contributed by atoms with Gasteiger partial charge in [-0.2, -0.15) is 0 Å². The molecule has 0 spiro atoms. The Labute approximate surface area is 145 Å². The molecule has 0 aliphatic carbocycles. The zero-order valence-electron chi connectivity index (χ0n) is 14.3. The summed E-state index contributed by atoms with van der Waals surface area (Å²) in [6.45, 7) is 1.94. The molecule has 0 bridgehead atoms. The van der Waals surface area contributed by atoms with E-state index in [9.17, 15) is 14.4 Å². The third kappa shape index (κ3) is 3.99. The van der Waals surface area contributed by atoms with E-state index in [4.69, 9.17) is 18.9 Å². The molecule has 7 heteroatoms. The van der Waals surface area contributed by atoms with Gasteiger partial charge in [-0.05, 0) is 18.6 Å². The van der Waals surface area contributed by atoms with E-state index in [1.54, 1.807) is 31.2 Å². The highest BCUT2D eigenvalue weighted by molar-refractivity contribution is 5.97. The first kappa shape index (κ1) is 18.5. The fraction of sp³-hybridized carbons (Fsp3) is 0.389. The van der Waals surface area contributed by atoms with Crippen molar-refractivity contribution in [3.63, 3.8) is 0 Å². The van der Waals surface area contributed by atoms with Crippen LogP contribution in [0.5, 0.6) is 5.75 Å². The van der Waals surface area contributed by atoms with Crippen LogP contribution in [0.4, 0.5) is 0 Å². The van der Waals surface area contributed by atoms with Crippen molar-refractivity contribution in [2.45, 2.75) is 12.8 Å². The molecule has 1 heterocycles. The zero-order valence-corrected chi connectivity index (χ0v) is 14.3. The number of esters is 3. The van der Waals surface area contributed by atoms with Crippen LogP contribution >= 0.6 is 0 Å². The van der Waals surface area contributed by atoms with Crippen molar-refractivity contribution >= 4 is 17.9 Å². The quantitative estimate of drug-likeness (QED) is 0.346. The van der Waals surface area contributed by atoms with Gasteiger partial charge in [-0.25, -0.2) is 4.79 Å². The van der Waals surface area contributed by atoms with Crippen LogP contribution in [0.25, 0.3) is 0 Å². The maximum Gasteiger partial charge on any atom is 0.330 e. The van der Waals surface area contributed by atoms with Gasteiger partial charge in [0.15, 0.2) is 5.92 Å². The summed E-state index contributed by atoms with van der Waals surface area (Å²) in [5, 5.41) is 0. The van der Waals surface area contributed by atoms with Gasteiger partial charge < -0.3 is 18.9 Å². The summed E-state index contributed by atoms with van der Waals surface area (Å²) in [4.78, 5) is 36.4. The molecule has 0 saturated heterocycles. The number of ether oxygens (including phenoxy) is 4. The van der Waals surface area contributed by atoms with E-state index in [-0.39, 0.29) is 13.2 Å². The van der Waals surface area contributed by atoms with E-state index in [1.165, 1.54) is 20.3 Å². The van der Waals surface area contributed by atoms with E-state index < -0.39 is 29.7 Å². The molecular formula is C18H20O7. The molecule has 1 unspecified atom stereocenters. The molecule has 7 nitrogen and oxygen atoms in total. The number of carbonyl (C=O) groups is 3. The van der Waals surface area contributed by atoms with Crippen LogP contribution in [0, 0.1) is 5.92 Å². The van der Waals surface area contributed by atoms with Crippen LogP contribution in [0.1, 0.15) is 18.4 Å². The minimum Gasteiger partial charge on any atom is -0.489 e. The maximum atomic E-state index is 12.3. The summed E-state index contributed by atoms with van der Waals surface area (Å²) in [5.41, 5.74) is 1.04. The molecule has 0 saturated carbocycles. The van der Waals surface area contributed by atoms with Gasteiger partial charge in [0.1, 0.15) is 12.4 Å². The molecule has 0 N–H and O–H groups in total. The molecule has 2 rings (SSSR count). The van der Waals surface area contributed by atoms with Crippen LogP contribution in [-0.2, 0) is 28.6 Å². The van der Waals surface area contributed by atoms with E-state index >= 15 is 0 Å². The lowest BCUT2D eigenvalue weighted by atomic mass is 9.78. The molecule has 0 fully saturated rings. The third-order valence-electron chi connectivity index (χ3n) is 3.88. The summed E-state index contributed by atoms with van der Waals surface area (Å²) in [5.74, 6) is -3.52. The molecule has 1 atom stereocenters. The van der Waals surface area contributed by atoms with E-state index in [2.05, 4.69) is 0 Å². The molecule has 134 valence electrons. The van der Waals surface area contributed by atoms with Gasteiger partial charge in [-0.1, -0.05) is 18.2 Å². The zero-order chi connectivity index (χ0) is 18.4. The van der Waals surface area contributed by atoms with E-state index in [0.717, 1.165) is 0 Å². The first-order valence-electron chi connectivity index (χ1n) is 7.78. The normalized spacial score (nSPS) is 17.4. The van der Waals surface area contributed by atoms with E-state index in [1.807, 2.05) is 0 Å². The molecular weight excluding hydrogens is 328 g/mol. The predicted molar refractivity (Wildman–Crippen MR) is 86.9 cm³/mol.